The van der Waals surface area contributed by atoms with Crippen molar-refractivity contribution in [1.82, 2.24) is 15.5 Å². The highest BCUT2D eigenvalue weighted by atomic mass is 16.2. The van der Waals surface area contributed by atoms with E-state index in [-0.39, 0.29) is 24.3 Å². The first kappa shape index (κ1) is 15.3. The fourth-order valence-electron chi connectivity index (χ4n) is 3.36. The SMILES string of the molecule is CCCNC(=O)CN(CCC)C(=O)C1CC2CCC1N2. The van der Waals surface area contributed by atoms with Crippen molar-refractivity contribution in [3.63, 3.8) is 0 Å². The van der Waals surface area contributed by atoms with Crippen LogP contribution in [-0.2, 0) is 9.59 Å². The first-order valence-corrected chi connectivity index (χ1v) is 7.97. The Morgan fingerprint density at radius 3 is 2.60 bits per heavy atom. The lowest BCUT2D eigenvalue weighted by Crippen LogP contribution is -2.46. The standard InChI is InChI=1S/C15H27N3O2/c1-3-7-16-14(19)10-18(8-4-2)15(20)12-9-11-5-6-13(12)17-11/h11-13,17H,3-10H2,1-2H3,(H,16,19). The maximum Gasteiger partial charge on any atom is 0.239 e. The van der Waals surface area contributed by atoms with Gasteiger partial charge in [-0.2, -0.15) is 0 Å². The molecule has 2 fully saturated rings. The quantitative estimate of drug-likeness (QED) is 0.728. The molecule has 3 atom stereocenters. The molecule has 5 heteroatoms. The topological polar surface area (TPSA) is 61.4 Å². The van der Waals surface area contributed by atoms with E-state index in [2.05, 4.69) is 10.6 Å². The van der Waals surface area contributed by atoms with E-state index in [1.54, 1.807) is 4.90 Å². The third-order valence-corrected chi connectivity index (χ3v) is 4.33. The Morgan fingerprint density at radius 2 is 2.05 bits per heavy atom. The average molecular weight is 281 g/mol. The fourth-order valence-corrected chi connectivity index (χ4v) is 3.36. The molecule has 2 amide bonds. The molecule has 2 saturated heterocycles. The van der Waals surface area contributed by atoms with Crippen molar-refractivity contribution in [2.75, 3.05) is 19.6 Å². The molecule has 0 aliphatic carbocycles. The molecule has 2 N–H and O–H groups in total. The largest absolute Gasteiger partial charge is 0.355 e. The van der Waals surface area contributed by atoms with Gasteiger partial charge in [-0.1, -0.05) is 13.8 Å². The van der Waals surface area contributed by atoms with E-state index in [0.29, 0.717) is 25.2 Å². The van der Waals surface area contributed by atoms with Crippen LogP contribution in [0, 0.1) is 5.92 Å². The van der Waals surface area contributed by atoms with Crippen LogP contribution in [0.2, 0.25) is 0 Å². The predicted octanol–water partition coefficient (Wildman–Crippen LogP) is 0.892. The molecule has 0 radical (unpaired) electrons. The zero-order valence-electron chi connectivity index (χ0n) is 12.7. The van der Waals surface area contributed by atoms with E-state index in [1.807, 2.05) is 13.8 Å². The summed E-state index contributed by atoms with van der Waals surface area (Å²) in [5, 5.41) is 6.35. The van der Waals surface area contributed by atoms with Gasteiger partial charge in [-0.15, -0.1) is 0 Å². The Kier molecular flexibility index (Phi) is 5.40. The number of carbonyl (C=O) groups excluding carboxylic acids is 2. The smallest absolute Gasteiger partial charge is 0.239 e. The monoisotopic (exact) mass is 281 g/mol. The Hall–Kier alpha value is -1.10. The van der Waals surface area contributed by atoms with Gasteiger partial charge in [-0.3, -0.25) is 9.59 Å². The van der Waals surface area contributed by atoms with E-state index in [0.717, 1.165) is 25.7 Å². The molecule has 2 aliphatic rings. The summed E-state index contributed by atoms with van der Waals surface area (Å²) in [5.74, 6) is 0.210. The summed E-state index contributed by atoms with van der Waals surface area (Å²) in [7, 11) is 0. The number of hydrogen-bond donors (Lipinski definition) is 2. The first-order chi connectivity index (χ1) is 9.65. The second-order valence-electron chi connectivity index (χ2n) is 6.00. The third kappa shape index (κ3) is 3.51. The van der Waals surface area contributed by atoms with Crippen molar-refractivity contribution in [2.45, 2.75) is 58.0 Å². The number of fused-ring (bicyclic) bond motifs is 2. The summed E-state index contributed by atoms with van der Waals surface area (Å²) in [6.45, 7) is 5.63. The van der Waals surface area contributed by atoms with Crippen molar-refractivity contribution in [3.05, 3.63) is 0 Å². The molecule has 2 aliphatic heterocycles. The molecule has 0 saturated carbocycles. The molecular formula is C15H27N3O2. The molecule has 5 nitrogen and oxygen atoms in total. The maximum absolute atomic E-state index is 12.6. The number of hydrogen-bond acceptors (Lipinski definition) is 3. The summed E-state index contributed by atoms with van der Waals surface area (Å²) >= 11 is 0. The third-order valence-electron chi connectivity index (χ3n) is 4.33. The van der Waals surface area contributed by atoms with Crippen molar-refractivity contribution < 1.29 is 9.59 Å². The molecule has 0 aromatic rings. The van der Waals surface area contributed by atoms with E-state index >= 15 is 0 Å². The first-order valence-electron chi connectivity index (χ1n) is 7.97. The van der Waals surface area contributed by atoms with Gasteiger partial charge in [0.05, 0.1) is 12.5 Å². The lowest BCUT2D eigenvalue weighted by atomic mass is 9.88. The van der Waals surface area contributed by atoms with E-state index in [9.17, 15) is 9.59 Å². The fraction of sp³-hybridized carbons (Fsp3) is 0.867. The van der Waals surface area contributed by atoms with Crippen LogP contribution in [0.15, 0.2) is 0 Å². The summed E-state index contributed by atoms with van der Waals surface area (Å²) in [5.41, 5.74) is 0. The summed E-state index contributed by atoms with van der Waals surface area (Å²) in [6, 6.07) is 0.858. The zero-order valence-corrected chi connectivity index (χ0v) is 12.7. The average Bonchev–Trinajstić information content (AvgIpc) is 3.06. The number of rotatable bonds is 7. The van der Waals surface area contributed by atoms with E-state index in [1.165, 1.54) is 6.42 Å². The molecule has 0 spiro atoms. The summed E-state index contributed by atoms with van der Waals surface area (Å²) in [6.07, 6.45) is 5.05. The minimum atomic E-state index is -0.0373. The minimum absolute atomic E-state index is 0.0373. The van der Waals surface area contributed by atoms with Gasteiger partial charge in [0.25, 0.3) is 0 Å². The molecule has 0 aromatic carbocycles. The zero-order chi connectivity index (χ0) is 14.5. The molecule has 20 heavy (non-hydrogen) atoms. The Morgan fingerprint density at radius 1 is 1.25 bits per heavy atom. The molecular weight excluding hydrogens is 254 g/mol. The van der Waals surface area contributed by atoms with Gasteiger partial charge in [0.15, 0.2) is 0 Å². The normalized spacial score (nSPS) is 27.6. The van der Waals surface area contributed by atoms with Gasteiger partial charge in [0.1, 0.15) is 0 Å². The lowest BCUT2D eigenvalue weighted by molar-refractivity contribution is -0.140. The van der Waals surface area contributed by atoms with Crippen LogP contribution < -0.4 is 10.6 Å². The number of nitrogens with one attached hydrogen (secondary N) is 2. The maximum atomic E-state index is 12.6. The molecule has 3 unspecified atom stereocenters. The molecule has 114 valence electrons. The number of carbonyl (C=O) groups is 2. The predicted molar refractivity (Wildman–Crippen MR) is 78.2 cm³/mol. The van der Waals surface area contributed by atoms with Gasteiger partial charge in [-0.05, 0) is 32.1 Å². The highest BCUT2D eigenvalue weighted by Gasteiger charge is 2.44. The summed E-state index contributed by atoms with van der Waals surface area (Å²) < 4.78 is 0. The Bertz CT molecular complexity index is 359. The molecule has 0 aromatic heterocycles. The van der Waals surface area contributed by atoms with Crippen LogP contribution >= 0.6 is 0 Å². The molecule has 2 heterocycles. The lowest BCUT2D eigenvalue weighted by Gasteiger charge is -2.28. The van der Waals surface area contributed by atoms with Crippen LogP contribution in [0.3, 0.4) is 0 Å². The van der Waals surface area contributed by atoms with E-state index in [4.69, 9.17) is 0 Å². The number of amides is 2. The van der Waals surface area contributed by atoms with Gasteiger partial charge >= 0.3 is 0 Å². The molecule has 2 bridgehead atoms. The van der Waals surface area contributed by atoms with Gasteiger partial charge in [0.2, 0.25) is 11.8 Å². The Labute approximate surface area is 121 Å². The van der Waals surface area contributed by atoms with Crippen LogP contribution in [0.5, 0.6) is 0 Å². The van der Waals surface area contributed by atoms with Crippen molar-refractivity contribution in [2.24, 2.45) is 5.92 Å². The van der Waals surface area contributed by atoms with Crippen molar-refractivity contribution in [1.29, 1.82) is 0 Å². The van der Waals surface area contributed by atoms with Gasteiger partial charge in [-0.25, -0.2) is 0 Å². The van der Waals surface area contributed by atoms with E-state index < -0.39 is 0 Å². The Balaban J connectivity index is 1.90. The van der Waals surface area contributed by atoms with Crippen molar-refractivity contribution >= 4 is 11.8 Å². The van der Waals surface area contributed by atoms with Crippen LogP contribution in [0.1, 0.15) is 46.0 Å². The van der Waals surface area contributed by atoms with Crippen LogP contribution in [-0.4, -0.2) is 48.4 Å². The second kappa shape index (κ2) is 7.07. The van der Waals surface area contributed by atoms with Gasteiger partial charge in [0, 0.05) is 25.2 Å². The van der Waals surface area contributed by atoms with Gasteiger partial charge < -0.3 is 15.5 Å². The number of nitrogens with zero attached hydrogens (tertiary/aromatic N) is 1. The highest BCUT2D eigenvalue weighted by Crippen LogP contribution is 2.34. The van der Waals surface area contributed by atoms with Crippen LogP contribution in [0.25, 0.3) is 0 Å². The minimum Gasteiger partial charge on any atom is -0.355 e. The summed E-state index contributed by atoms with van der Waals surface area (Å²) in [4.78, 5) is 26.2. The van der Waals surface area contributed by atoms with Crippen LogP contribution in [0.4, 0.5) is 0 Å². The highest BCUT2D eigenvalue weighted by molar-refractivity contribution is 5.86. The second-order valence-corrected chi connectivity index (χ2v) is 6.00. The molecule has 2 rings (SSSR count). The van der Waals surface area contributed by atoms with Crippen molar-refractivity contribution in [3.8, 4) is 0 Å².